The molecule has 1 aliphatic rings. The average molecular weight is 226 g/mol. The topological polar surface area (TPSA) is 55.1 Å². The van der Waals surface area contributed by atoms with Crippen molar-refractivity contribution in [1.29, 1.82) is 0 Å². The monoisotopic (exact) mass is 226 g/mol. The number of aliphatic carboxylic acids is 1. The third kappa shape index (κ3) is 2.75. The van der Waals surface area contributed by atoms with E-state index in [1.807, 2.05) is 13.1 Å². The van der Waals surface area contributed by atoms with Gasteiger partial charge in [-0.25, -0.2) is 4.98 Å². The minimum absolute atomic E-state index is 0.0844. The normalized spacial score (nSPS) is 15.5. The number of hydrogen-bond acceptors (Lipinski definition) is 3. The van der Waals surface area contributed by atoms with Crippen molar-refractivity contribution in [3.63, 3.8) is 0 Å². The molecule has 15 heavy (non-hydrogen) atoms. The minimum atomic E-state index is -0.793. The van der Waals surface area contributed by atoms with Crippen LogP contribution in [0.15, 0.2) is 11.4 Å². The molecule has 1 heterocycles. The summed E-state index contributed by atoms with van der Waals surface area (Å²) in [5.41, 5.74) is 1.12. The van der Waals surface area contributed by atoms with E-state index in [9.17, 15) is 4.79 Å². The highest BCUT2D eigenvalue weighted by Gasteiger charge is 2.23. The van der Waals surface area contributed by atoms with Gasteiger partial charge in [0.25, 0.3) is 0 Å². The molecule has 0 bridgehead atoms. The minimum Gasteiger partial charge on any atom is -0.481 e. The van der Waals surface area contributed by atoms with Gasteiger partial charge in [0.1, 0.15) is 0 Å². The van der Waals surface area contributed by atoms with Crippen LogP contribution in [0.2, 0.25) is 0 Å². The molecule has 5 heteroatoms. The molecular weight excluding hydrogens is 212 g/mol. The largest absolute Gasteiger partial charge is 0.481 e. The summed E-state index contributed by atoms with van der Waals surface area (Å²) in [4.78, 5) is 14.7. The number of aryl methyl sites for hydroxylation is 1. The van der Waals surface area contributed by atoms with Gasteiger partial charge in [-0.15, -0.1) is 0 Å². The molecule has 1 fully saturated rings. The van der Waals surface area contributed by atoms with Gasteiger partial charge in [-0.2, -0.15) is 0 Å². The molecule has 1 saturated carbocycles. The summed E-state index contributed by atoms with van der Waals surface area (Å²) < 4.78 is 2.13. The molecule has 0 aromatic carbocycles. The van der Waals surface area contributed by atoms with Crippen LogP contribution in [0.1, 0.15) is 18.5 Å². The molecule has 0 saturated heterocycles. The molecule has 0 atom stereocenters. The summed E-state index contributed by atoms with van der Waals surface area (Å²) >= 11 is 1.30. The maximum Gasteiger partial charge on any atom is 0.313 e. The number of nitrogens with zero attached hydrogens (tertiary/aromatic N) is 2. The van der Waals surface area contributed by atoms with Gasteiger partial charge >= 0.3 is 5.97 Å². The highest BCUT2D eigenvalue weighted by atomic mass is 32.2. The van der Waals surface area contributed by atoms with E-state index < -0.39 is 5.97 Å². The maximum atomic E-state index is 10.5. The zero-order valence-corrected chi connectivity index (χ0v) is 9.46. The Kier molecular flexibility index (Phi) is 3.00. The van der Waals surface area contributed by atoms with Crippen molar-refractivity contribution in [2.75, 3.05) is 5.75 Å². The molecule has 0 aliphatic heterocycles. The van der Waals surface area contributed by atoms with Crippen molar-refractivity contribution in [1.82, 2.24) is 9.55 Å². The summed E-state index contributed by atoms with van der Waals surface area (Å²) in [5, 5.41) is 9.44. The van der Waals surface area contributed by atoms with Crippen molar-refractivity contribution in [2.24, 2.45) is 5.92 Å². The Morgan fingerprint density at radius 1 is 1.73 bits per heavy atom. The van der Waals surface area contributed by atoms with E-state index in [1.165, 1.54) is 24.6 Å². The third-order valence-corrected chi connectivity index (χ3v) is 3.46. The van der Waals surface area contributed by atoms with Crippen LogP contribution in [0.4, 0.5) is 0 Å². The molecule has 0 spiro atoms. The molecule has 1 aliphatic carbocycles. The number of imidazole rings is 1. The van der Waals surface area contributed by atoms with Gasteiger partial charge in [0.2, 0.25) is 0 Å². The first-order chi connectivity index (χ1) is 7.16. The summed E-state index contributed by atoms with van der Waals surface area (Å²) in [6.07, 6.45) is 4.40. The van der Waals surface area contributed by atoms with Gasteiger partial charge in [-0.1, -0.05) is 11.8 Å². The smallest absolute Gasteiger partial charge is 0.313 e. The first-order valence-electron chi connectivity index (χ1n) is 5.03. The van der Waals surface area contributed by atoms with Crippen LogP contribution in [-0.4, -0.2) is 26.4 Å². The van der Waals surface area contributed by atoms with Crippen molar-refractivity contribution in [2.45, 2.75) is 31.5 Å². The Morgan fingerprint density at radius 3 is 3.07 bits per heavy atom. The molecule has 0 radical (unpaired) electrons. The molecule has 82 valence electrons. The number of carbonyl (C=O) groups is 1. The Bertz CT molecular complexity index is 371. The van der Waals surface area contributed by atoms with E-state index in [0.717, 1.165) is 23.3 Å². The Hall–Kier alpha value is -0.970. The zero-order chi connectivity index (χ0) is 10.8. The van der Waals surface area contributed by atoms with Gasteiger partial charge in [0.15, 0.2) is 5.16 Å². The number of thioether (sulfide) groups is 1. The van der Waals surface area contributed by atoms with E-state index in [1.54, 1.807) is 0 Å². The molecule has 2 rings (SSSR count). The van der Waals surface area contributed by atoms with Crippen LogP contribution in [0.3, 0.4) is 0 Å². The maximum absolute atomic E-state index is 10.5. The fourth-order valence-electron chi connectivity index (χ4n) is 1.46. The number of carboxylic acid groups (broad SMARTS) is 1. The number of carboxylic acids is 1. The third-order valence-electron chi connectivity index (χ3n) is 2.48. The van der Waals surface area contributed by atoms with E-state index in [0.29, 0.717) is 0 Å². The number of aromatic nitrogens is 2. The Balaban J connectivity index is 2.04. The SMILES string of the molecule is Cc1cnc(SCC(=O)O)n1CC1CC1. The van der Waals surface area contributed by atoms with Gasteiger partial charge in [0.05, 0.1) is 5.75 Å². The molecule has 1 N–H and O–H groups in total. The zero-order valence-electron chi connectivity index (χ0n) is 8.64. The van der Waals surface area contributed by atoms with Crippen LogP contribution >= 0.6 is 11.8 Å². The van der Waals surface area contributed by atoms with Crippen LogP contribution in [-0.2, 0) is 11.3 Å². The van der Waals surface area contributed by atoms with Crippen LogP contribution in [0, 0.1) is 12.8 Å². The standard InChI is InChI=1S/C10H14N2O2S/c1-7-4-11-10(15-6-9(13)14)12(7)5-8-2-3-8/h4,8H,2-3,5-6H2,1H3,(H,13,14). The lowest BCUT2D eigenvalue weighted by atomic mass is 10.4. The second-order valence-electron chi connectivity index (χ2n) is 3.92. The van der Waals surface area contributed by atoms with Gasteiger partial charge < -0.3 is 9.67 Å². The lowest BCUT2D eigenvalue weighted by Gasteiger charge is -2.07. The van der Waals surface area contributed by atoms with Gasteiger partial charge in [0, 0.05) is 18.4 Å². The first-order valence-corrected chi connectivity index (χ1v) is 6.02. The Labute approximate surface area is 92.7 Å². The highest BCUT2D eigenvalue weighted by molar-refractivity contribution is 7.99. The number of hydrogen-bond donors (Lipinski definition) is 1. The summed E-state index contributed by atoms with van der Waals surface area (Å²) in [6, 6.07) is 0. The summed E-state index contributed by atoms with van der Waals surface area (Å²) in [7, 11) is 0. The average Bonchev–Trinajstić information content (AvgIpc) is 2.92. The predicted octanol–water partition coefficient (Wildman–Crippen LogP) is 1.78. The second kappa shape index (κ2) is 4.26. The quantitative estimate of drug-likeness (QED) is 0.777. The van der Waals surface area contributed by atoms with E-state index in [2.05, 4.69) is 9.55 Å². The lowest BCUT2D eigenvalue weighted by molar-refractivity contribution is -0.133. The van der Waals surface area contributed by atoms with Crippen LogP contribution in [0.5, 0.6) is 0 Å². The molecule has 0 amide bonds. The molecule has 4 nitrogen and oxygen atoms in total. The van der Waals surface area contributed by atoms with E-state index in [4.69, 9.17) is 5.11 Å². The van der Waals surface area contributed by atoms with Gasteiger partial charge in [-0.05, 0) is 25.7 Å². The predicted molar refractivity (Wildman–Crippen MR) is 58.0 cm³/mol. The first kappa shape index (κ1) is 10.5. The van der Waals surface area contributed by atoms with Crippen molar-refractivity contribution < 1.29 is 9.90 Å². The van der Waals surface area contributed by atoms with Crippen molar-refractivity contribution in [3.05, 3.63) is 11.9 Å². The fraction of sp³-hybridized carbons (Fsp3) is 0.600. The fourth-order valence-corrected chi connectivity index (χ4v) is 2.22. The van der Waals surface area contributed by atoms with Crippen molar-refractivity contribution >= 4 is 17.7 Å². The molecule has 1 aromatic rings. The second-order valence-corrected chi connectivity index (χ2v) is 4.86. The van der Waals surface area contributed by atoms with E-state index in [-0.39, 0.29) is 5.75 Å². The van der Waals surface area contributed by atoms with Crippen molar-refractivity contribution in [3.8, 4) is 0 Å². The highest BCUT2D eigenvalue weighted by Crippen LogP contribution is 2.32. The lowest BCUT2D eigenvalue weighted by Crippen LogP contribution is -2.05. The van der Waals surface area contributed by atoms with Gasteiger partial charge in [-0.3, -0.25) is 4.79 Å². The molecular formula is C10H14N2O2S. The van der Waals surface area contributed by atoms with E-state index >= 15 is 0 Å². The molecule has 0 unspecified atom stereocenters. The number of rotatable bonds is 5. The van der Waals surface area contributed by atoms with Crippen LogP contribution in [0.25, 0.3) is 0 Å². The van der Waals surface area contributed by atoms with Crippen LogP contribution < -0.4 is 0 Å². The molecule has 1 aromatic heterocycles. The summed E-state index contributed by atoms with van der Waals surface area (Å²) in [6.45, 7) is 3.01. The summed E-state index contributed by atoms with van der Waals surface area (Å²) in [5.74, 6) is 0.0712. The Morgan fingerprint density at radius 2 is 2.47 bits per heavy atom.